The van der Waals surface area contributed by atoms with Gasteiger partial charge in [0, 0.05) is 51.3 Å². The Morgan fingerprint density at radius 3 is 2.63 bits per heavy atom. The number of carbonyl (C=O) groups excluding carboxylic acids is 4. The van der Waals surface area contributed by atoms with Crippen molar-refractivity contribution in [2.24, 2.45) is 0 Å². The Balaban J connectivity index is 1.38. The van der Waals surface area contributed by atoms with Crippen LogP contribution in [0.2, 0.25) is 0 Å². The quantitative estimate of drug-likeness (QED) is 0.620. The van der Waals surface area contributed by atoms with E-state index in [4.69, 9.17) is 0 Å². The summed E-state index contributed by atoms with van der Waals surface area (Å²) in [5.74, 6) is -0.702. The Hall–Kier alpha value is -2.78. The second-order valence-corrected chi connectivity index (χ2v) is 8.08. The average molecular weight is 413 g/mol. The molecule has 3 heterocycles. The minimum Gasteiger partial charge on any atom is -0.339 e. The fourth-order valence-corrected chi connectivity index (χ4v) is 4.38. The summed E-state index contributed by atoms with van der Waals surface area (Å²) in [6, 6.07) is 5.32. The normalized spacial score (nSPS) is 22.3. The first-order valence-electron chi connectivity index (χ1n) is 10.4. The molecule has 30 heavy (non-hydrogen) atoms. The van der Waals surface area contributed by atoms with Crippen LogP contribution in [-0.2, 0) is 27.5 Å². The minimum atomic E-state index is -0.589. The van der Waals surface area contributed by atoms with E-state index in [1.54, 1.807) is 11.9 Å². The van der Waals surface area contributed by atoms with Crippen molar-refractivity contribution in [1.29, 1.82) is 0 Å². The average Bonchev–Trinajstić information content (AvgIpc) is 3.05. The van der Waals surface area contributed by atoms with Gasteiger partial charge in [-0.25, -0.2) is 0 Å². The first-order chi connectivity index (χ1) is 14.5. The third kappa shape index (κ3) is 4.08. The monoisotopic (exact) mass is 413 g/mol. The summed E-state index contributed by atoms with van der Waals surface area (Å²) in [6.45, 7) is 4.46. The van der Waals surface area contributed by atoms with Crippen molar-refractivity contribution in [1.82, 2.24) is 25.3 Å². The zero-order chi connectivity index (χ0) is 21.3. The number of nitrogens with zero attached hydrogens (tertiary/aromatic N) is 3. The molecule has 1 unspecified atom stereocenters. The number of amides is 4. The highest BCUT2D eigenvalue weighted by Crippen LogP contribution is 2.28. The second kappa shape index (κ2) is 8.53. The Labute approximate surface area is 175 Å². The van der Waals surface area contributed by atoms with Gasteiger partial charge in [0.25, 0.3) is 5.91 Å². The Morgan fingerprint density at radius 2 is 1.93 bits per heavy atom. The Morgan fingerprint density at radius 1 is 1.17 bits per heavy atom. The summed E-state index contributed by atoms with van der Waals surface area (Å²) in [5.41, 5.74) is 2.60. The largest absolute Gasteiger partial charge is 0.339 e. The molecule has 0 spiro atoms. The molecule has 2 fully saturated rings. The third-order valence-electron chi connectivity index (χ3n) is 6.05. The summed E-state index contributed by atoms with van der Waals surface area (Å²) in [4.78, 5) is 54.2. The number of piperidine rings is 1. The number of carbonyl (C=O) groups is 4. The van der Waals surface area contributed by atoms with Crippen LogP contribution in [0.5, 0.6) is 0 Å². The number of rotatable bonds is 5. The van der Waals surface area contributed by atoms with Gasteiger partial charge in [-0.15, -0.1) is 0 Å². The van der Waals surface area contributed by atoms with Crippen LogP contribution in [-0.4, -0.2) is 84.1 Å². The van der Waals surface area contributed by atoms with Gasteiger partial charge in [0.05, 0.1) is 6.54 Å². The van der Waals surface area contributed by atoms with Crippen LogP contribution < -0.4 is 10.6 Å². The predicted molar refractivity (Wildman–Crippen MR) is 108 cm³/mol. The number of fused-ring (bicyclic) bond motifs is 1. The third-order valence-corrected chi connectivity index (χ3v) is 6.05. The maximum Gasteiger partial charge on any atom is 0.255 e. The molecule has 9 heteroatoms. The summed E-state index contributed by atoms with van der Waals surface area (Å²) >= 11 is 0. The van der Waals surface area contributed by atoms with Crippen LogP contribution in [0.4, 0.5) is 0 Å². The highest BCUT2D eigenvalue weighted by Gasteiger charge is 2.39. The molecule has 2 saturated heterocycles. The fourth-order valence-electron chi connectivity index (χ4n) is 4.38. The summed E-state index contributed by atoms with van der Waals surface area (Å²) in [7, 11) is 1.77. The highest BCUT2D eigenvalue weighted by atomic mass is 16.2. The molecule has 0 saturated carbocycles. The standard InChI is InChI=1S/C21H27N5O4/c1-22-11-19(28)25-8-6-24(7-9-25)12-14-2-3-15-13-26(21(30)16(15)10-14)17-4-5-18(27)23-20(17)29/h2-3,10,17,22H,4-9,11-13H2,1H3,(H,23,27,29). The summed E-state index contributed by atoms with van der Waals surface area (Å²) in [5, 5.41) is 5.22. The van der Waals surface area contributed by atoms with Crippen molar-refractivity contribution >= 4 is 23.6 Å². The molecule has 3 aliphatic heterocycles. The van der Waals surface area contributed by atoms with E-state index < -0.39 is 11.9 Å². The van der Waals surface area contributed by atoms with E-state index in [1.807, 2.05) is 23.1 Å². The SMILES string of the molecule is CNCC(=O)N1CCN(Cc2ccc3c(c2)C(=O)N(C2CCC(=O)NC2=O)C3)CC1. The van der Waals surface area contributed by atoms with Crippen molar-refractivity contribution in [3.8, 4) is 0 Å². The number of likely N-dealkylation sites (N-methyl/N-ethyl adjacent to an activating group) is 1. The zero-order valence-electron chi connectivity index (χ0n) is 17.1. The minimum absolute atomic E-state index is 0.119. The number of piperazine rings is 1. The molecule has 2 N–H and O–H groups in total. The van der Waals surface area contributed by atoms with Gasteiger partial charge in [0.1, 0.15) is 6.04 Å². The maximum absolute atomic E-state index is 12.9. The Kier molecular flexibility index (Phi) is 5.83. The molecule has 4 amide bonds. The van der Waals surface area contributed by atoms with Crippen molar-refractivity contribution < 1.29 is 19.2 Å². The van der Waals surface area contributed by atoms with Crippen LogP contribution in [0.1, 0.15) is 34.3 Å². The van der Waals surface area contributed by atoms with Gasteiger partial charge in [-0.3, -0.25) is 29.4 Å². The van der Waals surface area contributed by atoms with Crippen LogP contribution in [0.15, 0.2) is 18.2 Å². The van der Waals surface area contributed by atoms with Gasteiger partial charge in [-0.2, -0.15) is 0 Å². The van der Waals surface area contributed by atoms with Crippen LogP contribution in [0.25, 0.3) is 0 Å². The summed E-state index contributed by atoms with van der Waals surface area (Å²) < 4.78 is 0. The molecular weight excluding hydrogens is 386 g/mol. The number of imide groups is 1. The zero-order valence-corrected chi connectivity index (χ0v) is 17.1. The second-order valence-electron chi connectivity index (χ2n) is 8.08. The lowest BCUT2D eigenvalue weighted by Crippen LogP contribution is -2.52. The van der Waals surface area contributed by atoms with Crippen LogP contribution in [0.3, 0.4) is 0 Å². The van der Waals surface area contributed by atoms with Crippen molar-refractivity contribution in [3.05, 3.63) is 34.9 Å². The summed E-state index contributed by atoms with van der Waals surface area (Å²) in [6.07, 6.45) is 0.623. The number of hydrogen-bond acceptors (Lipinski definition) is 6. The van der Waals surface area contributed by atoms with E-state index in [2.05, 4.69) is 15.5 Å². The molecule has 0 bridgehead atoms. The molecule has 160 valence electrons. The molecular formula is C21H27N5O4. The van der Waals surface area contributed by atoms with Crippen molar-refractivity contribution in [2.75, 3.05) is 39.8 Å². The lowest BCUT2D eigenvalue weighted by molar-refractivity contribution is -0.137. The molecule has 4 rings (SSSR count). The molecule has 1 aromatic carbocycles. The lowest BCUT2D eigenvalue weighted by Gasteiger charge is -2.34. The topological polar surface area (TPSA) is 102 Å². The van der Waals surface area contributed by atoms with Crippen LogP contribution in [0, 0.1) is 0 Å². The molecule has 0 aromatic heterocycles. The van der Waals surface area contributed by atoms with E-state index in [0.717, 1.165) is 24.2 Å². The molecule has 1 aromatic rings. The molecule has 9 nitrogen and oxygen atoms in total. The van der Waals surface area contributed by atoms with Crippen molar-refractivity contribution in [3.63, 3.8) is 0 Å². The van der Waals surface area contributed by atoms with Crippen LogP contribution >= 0.6 is 0 Å². The van der Waals surface area contributed by atoms with E-state index >= 15 is 0 Å². The van der Waals surface area contributed by atoms with Gasteiger partial charge in [0.15, 0.2) is 0 Å². The molecule has 3 aliphatic rings. The number of nitrogens with one attached hydrogen (secondary N) is 2. The van der Waals surface area contributed by atoms with E-state index in [1.165, 1.54) is 0 Å². The first kappa shape index (κ1) is 20.5. The number of hydrogen-bond donors (Lipinski definition) is 2. The molecule has 0 radical (unpaired) electrons. The first-order valence-corrected chi connectivity index (χ1v) is 10.4. The van der Waals surface area contributed by atoms with E-state index in [9.17, 15) is 19.2 Å². The van der Waals surface area contributed by atoms with Gasteiger partial charge >= 0.3 is 0 Å². The van der Waals surface area contributed by atoms with Gasteiger partial charge in [-0.05, 0) is 30.7 Å². The smallest absolute Gasteiger partial charge is 0.255 e. The van der Waals surface area contributed by atoms with E-state index in [0.29, 0.717) is 44.7 Å². The Bertz CT molecular complexity index is 878. The van der Waals surface area contributed by atoms with Gasteiger partial charge in [-0.1, -0.05) is 12.1 Å². The highest BCUT2D eigenvalue weighted by molar-refractivity contribution is 6.05. The molecule has 1 atom stereocenters. The van der Waals surface area contributed by atoms with Gasteiger partial charge in [0.2, 0.25) is 17.7 Å². The van der Waals surface area contributed by atoms with E-state index in [-0.39, 0.29) is 24.1 Å². The van der Waals surface area contributed by atoms with Gasteiger partial charge < -0.3 is 15.1 Å². The maximum atomic E-state index is 12.9. The predicted octanol–water partition coefficient (Wildman–Crippen LogP) is -0.689. The van der Waals surface area contributed by atoms with Crippen molar-refractivity contribution in [2.45, 2.75) is 32.0 Å². The molecule has 0 aliphatic carbocycles. The fraction of sp³-hybridized carbons (Fsp3) is 0.524. The number of benzene rings is 1. The lowest BCUT2D eigenvalue weighted by atomic mass is 10.0.